The molecule has 6 rings (SSSR count). The zero-order valence-electron chi connectivity index (χ0n) is 29.7. The normalized spacial score (nSPS) is 11.2. The lowest BCUT2D eigenvalue weighted by Crippen LogP contribution is -2.01. The van der Waals surface area contributed by atoms with Gasteiger partial charge in [-0.15, -0.1) is 10.2 Å². The minimum Gasteiger partial charge on any atom is -0.275 e. The number of unbranched alkanes of at least 4 members (excludes halogenated alkanes) is 5. The number of hydrogen-bond acceptors (Lipinski definition) is 2. The van der Waals surface area contributed by atoms with Crippen molar-refractivity contribution in [2.24, 2.45) is 0 Å². The van der Waals surface area contributed by atoms with Crippen LogP contribution in [-0.4, -0.2) is 14.8 Å². The van der Waals surface area contributed by atoms with Crippen LogP contribution in [0.5, 0.6) is 0 Å². The van der Waals surface area contributed by atoms with E-state index >= 15 is 0 Å². The van der Waals surface area contributed by atoms with E-state index in [9.17, 15) is 0 Å². The highest BCUT2D eigenvalue weighted by atomic mass is 15.3. The number of benzene rings is 5. The molecular formula is C46H51N3. The van der Waals surface area contributed by atoms with Gasteiger partial charge in [0, 0.05) is 16.8 Å². The van der Waals surface area contributed by atoms with Gasteiger partial charge in [0.05, 0.1) is 0 Å². The maximum atomic E-state index is 4.91. The third-order valence-electron chi connectivity index (χ3n) is 9.61. The van der Waals surface area contributed by atoms with E-state index in [0.29, 0.717) is 0 Å². The lowest BCUT2D eigenvalue weighted by atomic mass is 9.94. The summed E-state index contributed by atoms with van der Waals surface area (Å²) < 4.78 is 2.24. The van der Waals surface area contributed by atoms with E-state index in [1.807, 2.05) is 0 Å². The fourth-order valence-corrected chi connectivity index (χ4v) is 6.64. The van der Waals surface area contributed by atoms with Gasteiger partial charge in [-0.1, -0.05) is 144 Å². The molecule has 3 nitrogen and oxygen atoms in total. The highest BCUT2D eigenvalue weighted by Gasteiger charge is 2.19. The van der Waals surface area contributed by atoms with Gasteiger partial charge in [0.15, 0.2) is 11.6 Å². The predicted molar refractivity (Wildman–Crippen MR) is 208 cm³/mol. The SMILES string of the molecule is CCCCCCc1ccc(-n2c(-c3ccccc3)nnc2-c2cc(-c3ccc(CCCC)cc3)cc(-c3ccc(CCCC)cc3)c2)cc1. The zero-order valence-corrected chi connectivity index (χ0v) is 29.7. The molecule has 0 bridgehead atoms. The summed E-state index contributed by atoms with van der Waals surface area (Å²) in [5.74, 6) is 1.69. The smallest absolute Gasteiger partial charge is 0.168 e. The van der Waals surface area contributed by atoms with Crippen molar-refractivity contribution in [2.75, 3.05) is 0 Å². The lowest BCUT2D eigenvalue weighted by molar-refractivity contribution is 0.667. The van der Waals surface area contributed by atoms with Gasteiger partial charge in [-0.2, -0.15) is 0 Å². The Hall–Kier alpha value is -4.76. The van der Waals surface area contributed by atoms with E-state index in [4.69, 9.17) is 10.2 Å². The van der Waals surface area contributed by atoms with Crippen LogP contribution in [0.1, 0.15) is 88.8 Å². The Labute approximate surface area is 294 Å². The number of aromatic nitrogens is 3. The zero-order chi connectivity index (χ0) is 33.8. The molecule has 0 radical (unpaired) electrons. The summed E-state index contributed by atoms with van der Waals surface area (Å²) in [4.78, 5) is 0. The molecular weight excluding hydrogens is 595 g/mol. The van der Waals surface area contributed by atoms with Gasteiger partial charge in [-0.3, -0.25) is 4.57 Å². The Morgan fingerprint density at radius 3 is 1.35 bits per heavy atom. The van der Waals surface area contributed by atoms with Gasteiger partial charge in [-0.25, -0.2) is 0 Å². The fourth-order valence-electron chi connectivity index (χ4n) is 6.64. The van der Waals surface area contributed by atoms with Gasteiger partial charge >= 0.3 is 0 Å². The Kier molecular flexibility index (Phi) is 11.9. The summed E-state index contributed by atoms with van der Waals surface area (Å²) >= 11 is 0. The number of nitrogens with zero attached hydrogens (tertiary/aromatic N) is 3. The minimum absolute atomic E-state index is 0.844. The number of rotatable bonds is 16. The van der Waals surface area contributed by atoms with Crippen molar-refractivity contribution in [3.05, 3.63) is 138 Å². The van der Waals surface area contributed by atoms with E-state index < -0.39 is 0 Å². The molecule has 0 fully saturated rings. The molecule has 1 aromatic heterocycles. The van der Waals surface area contributed by atoms with Crippen LogP contribution in [0.25, 0.3) is 50.7 Å². The molecule has 0 unspecified atom stereocenters. The topological polar surface area (TPSA) is 30.7 Å². The average Bonchev–Trinajstić information content (AvgIpc) is 3.61. The second-order valence-corrected chi connectivity index (χ2v) is 13.4. The molecule has 0 spiro atoms. The van der Waals surface area contributed by atoms with Gasteiger partial charge in [0.25, 0.3) is 0 Å². The van der Waals surface area contributed by atoms with Gasteiger partial charge in [0.2, 0.25) is 0 Å². The quantitative estimate of drug-likeness (QED) is 0.0981. The molecule has 5 aromatic carbocycles. The fraction of sp³-hybridized carbons (Fsp3) is 0.304. The summed E-state index contributed by atoms with van der Waals surface area (Å²) in [6, 6.07) is 44.7. The first-order chi connectivity index (χ1) is 24.2. The monoisotopic (exact) mass is 645 g/mol. The van der Waals surface area contributed by atoms with E-state index in [2.05, 4.69) is 147 Å². The van der Waals surface area contributed by atoms with Crippen LogP contribution >= 0.6 is 0 Å². The van der Waals surface area contributed by atoms with Crippen LogP contribution in [0, 0.1) is 0 Å². The first kappa shape index (κ1) is 34.1. The molecule has 250 valence electrons. The van der Waals surface area contributed by atoms with Crippen LogP contribution in [0.3, 0.4) is 0 Å². The Bertz CT molecular complexity index is 1810. The molecule has 0 atom stereocenters. The van der Waals surface area contributed by atoms with Crippen molar-refractivity contribution in [3.8, 4) is 50.7 Å². The molecule has 0 saturated carbocycles. The molecule has 6 aromatic rings. The van der Waals surface area contributed by atoms with E-state index in [-0.39, 0.29) is 0 Å². The Morgan fingerprint density at radius 1 is 0.388 bits per heavy atom. The van der Waals surface area contributed by atoms with Crippen molar-refractivity contribution >= 4 is 0 Å². The molecule has 3 heteroatoms. The Morgan fingerprint density at radius 2 is 0.837 bits per heavy atom. The largest absolute Gasteiger partial charge is 0.275 e. The molecule has 0 saturated heterocycles. The molecule has 0 amide bonds. The van der Waals surface area contributed by atoms with Crippen LogP contribution < -0.4 is 0 Å². The minimum atomic E-state index is 0.844. The second-order valence-electron chi connectivity index (χ2n) is 13.4. The summed E-state index contributed by atoms with van der Waals surface area (Å²) in [5, 5.41) is 9.74. The first-order valence-corrected chi connectivity index (χ1v) is 18.6. The van der Waals surface area contributed by atoms with Crippen LogP contribution in [-0.2, 0) is 19.3 Å². The number of hydrogen-bond donors (Lipinski definition) is 0. The van der Waals surface area contributed by atoms with Gasteiger partial charge in [0.1, 0.15) is 0 Å². The standard InChI is InChI=1S/C46H51N3/c1-4-7-10-12-17-37-24-30-44(31-25-37)49-45(40-18-13-11-14-19-40)47-48-46(49)43-33-41(38-26-20-35(21-27-38)15-8-5-2)32-42(34-43)39-28-22-36(23-29-39)16-9-6-3/h11,13-14,18-34H,4-10,12,15-17H2,1-3H3. The molecule has 0 aliphatic heterocycles. The third kappa shape index (κ3) is 8.64. The third-order valence-corrected chi connectivity index (χ3v) is 9.61. The maximum Gasteiger partial charge on any atom is 0.168 e. The van der Waals surface area contributed by atoms with E-state index in [0.717, 1.165) is 47.7 Å². The van der Waals surface area contributed by atoms with Gasteiger partial charge in [-0.05, 0) is 108 Å². The van der Waals surface area contributed by atoms with Crippen molar-refractivity contribution in [1.82, 2.24) is 14.8 Å². The highest BCUT2D eigenvalue weighted by molar-refractivity contribution is 5.81. The van der Waals surface area contributed by atoms with Crippen LogP contribution in [0.2, 0.25) is 0 Å². The van der Waals surface area contributed by atoms with E-state index in [1.165, 1.54) is 90.3 Å². The van der Waals surface area contributed by atoms with Crippen LogP contribution in [0.15, 0.2) is 121 Å². The molecule has 0 aliphatic rings. The molecule has 49 heavy (non-hydrogen) atoms. The van der Waals surface area contributed by atoms with Crippen molar-refractivity contribution in [2.45, 2.75) is 91.4 Å². The molecule has 1 heterocycles. The van der Waals surface area contributed by atoms with Crippen LogP contribution in [0.4, 0.5) is 0 Å². The lowest BCUT2D eigenvalue weighted by Gasteiger charge is -2.15. The summed E-state index contributed by atoms with van der Waals surface area (Å²) in [6.07, 6.45) is 13.3. The average molecular weight is 646 g/mol. The highest BCUT2D eigenvalue weighted by Crippen LogP contribution is 2.35. The second kappa shape index (κ2) is 17.1. The Balaban J connectivity index is 1.45. The first-order valence-electron chi connectivity index (χ1n) is 18.6. The van der Waals surface area contributed by atoms with E-state index in [1.54, 1.807) is 0 Å². The predicted octanol–water partition coefficient (Wildman–Crippen LogP) is 12.7. The maximum absolute atomic E-state index is 4.91. The summed E-state index contributed by atoms with van der Waals surface area (Å²) in [6.45, 7) is 6.77. The summed E-state index contributed by atoms with van der Waals surface area (Å²) in [5.41, 5.74) is 12.1. The van der Waals surface area contributed by atoms with Crippen molar-refractivity contribution in [1.29, 1.82) is 0 Å². The number of aryl methyl sites for hydroxylation is 3. The van der Waals surface area contributed by atoms with Gasteiger partial charge < -0.3 is 0 Å². The molecule has 0 N–H and O–H groups in total. The van der Waals surface area contributed by atoms with Crippen molar-refractivity contribution < 1.29 is 0 Å². The molecule has 0 aliphatic carbocycles. The van der Waals surface area contributed by atoms with Crippen molar-refractivity contribution in [3.63, 3.8) is 0 Å². The summed E-state index contributed by atoms with van der Waals surface area (Å²) in [7, 11) is 0.